The molecule has 0 bridgehead atoms. The Morgan fingerprint density at radius 1 is 0.157 bits per heavy atom. The molecule has 28 rings (SSSR count). The minimum absolute atomic E-state index is 0.620. The molecule has 9 heterocycles. The van der Waals surface area contributed by atoms with Crippen LogP contribution in [-0.4, -0.2) is 44.9 Å². The molecule has 624 valence electrons. The molecule has 0 fully saturated rings. The van der Waals surface area contributed by atoms with Crippen LogP contribution in [0.1, 0.15) is 0 Å². The predicted octanol–water partition coefficient (Wildman–Crippen LogP) is 33.4. The summed E-state index contributed by atoms with van der Waals surface area (Å²) >= 11 is 5.41. The molecule has 13 heteroatoms. The average molecular weight is 1760 g/mol. The van der Waals surface area contributed by atoms with Crippen molar-refractivity contribution < 1.29 is 0 Å². The standard InChI is InChI=1S/C45H28N4S.C39H23N3S.C37H21N3S/c1-3-13-30(14-4-1)49(31-15-5-2-6-16-31)32-25-23-29(24-26-32)41-38-20-9-11-21-39(38)46-45(48-41)43-35-19-8-7-17-33(35)36-27-28-37-34-18-10-12-22-40(34)50-44(37)42(36)47-43;1-2-10-24(11-3-1)25-18-20-26(21-19-25)35-32-15-6-8-16-33(32)40-39(42-35)37-29-14-5-4-12-27(29)30-22-23-31-28-13-7-9-17-34(28)43-38(31)36(30)41-37;1-2-12-23-22(10-1)11-9-17-26(23)33-30-16-5-7-18-31(30)38-37(40-33)35-27-15-4-3-13-24(27)28-20-21-29-25-14-6-8-19-32(25)41-36(29)34(28)39-35/h1-28H;1-23H;1-21H. The average Bonchev–Trinajstić information content (AvgIpc) is 1.55. The number of anilines is 3. The van der Waals surface area contributed by atoms with E-state index in [1.54, 1.807) is 34.0 Å². The van der Waals surface area contributed by atoms with Crippen LogP contribution in [0, 0.1) is 0 Å². The number of pyridine rings is 3. The van der Waals surface area contributed by atoms with Gasteiger partial charge in [-0.2, -0.15) is 0 Å². The number of fused-ring (bicyclic) bond motifs is 25. The Labute approximate surface area is 780 Å². The summed E-state index contributed by atoms with van der Waals surface area (Å²) in [7, 11) is 0. The predicted molar refractivity (Wildman–Crippen MR) is 566 cm³/mol. The third kappa shape index (κ3) is 13.4. The quantitative estimate of drug-likeness (QED) is 0.122. The molecule has 134 heavy (non-hydrogen) atoms. The highest BCUT2D eigenvalue weighted by Crippen LogP contribution is 2.48. The molecule has 0 unspecified atom stereocenters. The van der Waals surface area contributed by atoms with Crippen LogP contribution in [0.25, 0.3) is 248 Å². The molecule has 0 aliphatic heterocycles. The maximum atomic E-state index is 5.42. The Hall–Kier alpha value is -17.1. The molecule has 0 aliphatic rings. The zero-order valence-corrected chi connectivity index (χ0v) is 74.2. The van der Waals surface area contributed by atoms with Gasteiger partial charge in [0.25, 0.3) is 0 Å². The third-order valence-electron chi connectivity index (χ3n) is 25.8. The summed E-state index contributed by atoms with van der Waals surface area (Å²) in [5.74, 6) is 1.90. The first-order valence-electron chi connectivity index (χ1n) is 44.8. The number of thiophene rings is 3. The Morgan fingerprint density at radius 2 is 0.440 bits per heavy atom. The van der Waals surface area contributed by atoms with Crippen molar-refractivity contribution >= 4 is 220 Å². The molecule has 0 spiro atoms. The van der Waals surface area contributed by atoms with Crippen LogP contribution in [0.4, 0.5) is 17.1 Å². The number of aromatic nitrogens is 9. The van der Waals surface area contributed by atoms with Gasteiger partial charge in [-0.25, -0.2) is 44.9 Å². The first-order valence-corrected chi connectivity index (χ1v) is 47.2. The van der Waals surface area contributed by atoms with Crippen molar-refractivity contribution in [1.82, 2.24) is 44.9 Å². The van der Waals surface area contributed by atoms with E-state index in [2.05, 4.69) is 405 Å². The number of hydrogen-bond acceptors (Lipinski definition) is 13. The fourth-order valence-corrected chi connectivity index (χ4v) is 23.1. The SMILES string of the molecule is c1ccc(-c2ccc(-c3nc(-c4nc5c(ccc6c7ccccc7sc65)c5ccccc45)nc4ccccc34)cc2)cc1.c1ccc(N(c2ccccc2)c2ccc(-c3nc(-c4nc5c(ccc6c7ccccc7sc65)c5ccccc45)nc4ccccc34)cc2)cc1.c1ccc2c(-c3nc(-c4nc5c(ccc6c7ccccc7sc65)c5ccccc45)nc4ccccc34)cccc2c1. The van der Waals surface area contributed by atoms with Crippen molar-refractivity contribution in [2.24, 2.45) is 0 Å². The van der Waals surface area contributed by atoms with E-state index in [0.717, 1.165) is 166 Å². The zero-order chi connectivity index (χ0) is 88.3. The van der Waals surface area contributed by atoms with Crippen LogP contribution in [0.5, 0.6) is 0 Å². The molecule has 0 radical (unpaired) electrons. The second-order valence-electron chi connectivity index (χ2n) is 33.6. The van der Waals surface area contributed by atoms with Crippen molar-refractivity contribution in [2.75, 3.05) is 4.90 Å². The fourth-order valence-electron chi connectivity index (χ4n) is 19.6. The molecule has 0 N–H and O–H groups in total. The van der Waals surface area contributed by atoms with Crippen molar-refractivity contribution in [2.45, 2.75) is 0 Å². The normalized spacial score (nSPS) is 11.7. The van der Waals surface area contributed by atoms with Gasteiger partial charge in [-0.05, 0) is 111 Å². The molecule has 0 amide bonds. The first kappa shape index (κ1) is 78.0. The van der Waals surface area contributed by atoms with Crippen molar-refractivity contribution in [3.8, 4) is 79.5 Å². The lowest BCUT2D eigenvalue weighted by Gasteiger charge is -2.25. The van der Waals surface area contributed by atoms with Crippen LogP contribution in [0.2, 0.25) is 0 Å². The molecule has 9 aromatic heterocycles. The van der Waals surface area contributed by atoms with Crippen LogP contribution in [0.15, 0.2) is 437 Å². The van der Waals surface area contributed by atoms with E-state index in [4.69, 9.17) is 44.9 Å². The summed E-state index contributed by atoms with van der Waals surface area (Å²) < 4.78 is 7.39. The number of benzene rings is 19. The van der Waals surface area contributed by atoms with Gasteiger partial charge in [0.15, 0.2) is 17.5 Å². The third-order valence-corrected chi connectivity index (χ3v) is 29.4. The highest BCUT2D eigenvalue weighted by atomic mass is 32.1. The van der Waals surface area contributed by atoms with Crippen LogP contribution in [0.3, 0.4) is 0 Å². The summed E-state index contributed by atoms with van der Waals surface area (Å²) in [4.78, 5) is 49.7. The van der Waals surface area contributed by atoms with Gasteiger partial charge < -0.3 is 4.90 Å². The van der Waals surface area contributed by atoms with E-state index in [-0.39, 0.29) is 0 Å². The molecule has 10 nitrogen and oxygen atoms in total. The van der Waals surface area contributed by atoms with Crippen molar-refractivity contribution in [1.29, 1.82) is 0 Å². The fraction of sp³-hybridized carbons (Fsp3) is 0. The highest BCUT2D eigenvalue weighted by Gasteiger charge is 2.26. The van der Waals surface area contributed by atoms with Gasteiger partial charge >= 0.3 is 0 Å². The molecule has 0 atom stereocenters. The molecule has 0 saturated carbocycles. The number of nitrogens with zero attached hydrogens (tertiary/aromatic N) is 10. The van der Waals surface area contributed by atoms with Gasteiger partial charge in [0.2, 0.25) is 0 Å². The van der Waals surface area contributed by atoms with Crippen LogP contribution < -0.4 is 4.90 Å². The Kier molecular flexibility index (Phi) is 18.9. The maximum Gasteiger partial charge on any atom is 0.179 e. The topological polar surface area (TPSA) is 119 Å². The lowest BCUT2D eigenvalue weighted by atomic mass is 9.98. The minimum Gasteiger partial charge on any atom is -0.311 e. The lowest BCUT2D eigenvalue weighted by molar-refractivity contribution is 1.20. The monoisotopic (exact) mass is 1760 g/mol. The highest BCUT2D eigenvalue weighted by molar-refractivity contribution is 7.27. The van der Waals surface area contributed by atoms with Gasteiger partial charge in [0.05, 0.1) is 64.3 Å². The summed E-state index contributed by atoms with van der Waals surface area (Å²) in [5.41, 5.74) is 19.6. The largest absolute Gasteiger partial charge is 0.311 e. The molecule has 0 saturated heterocycles. The van der Waals surface area contributed by atoms with E-state index in [1.165, 1.54) is 82.4 Å². The van der Waals surface area contributed by atoms with Crippen LogP contribution in [-0.2, 0) is 0 Å². The van der Waals surface area contributed by atoms with Gasteiger partial charge in [-0.3, -0.25) is 0 Å². The smallest absolute Gasteiger partial charge is 0.179 e. The van der Waals surface area contributed by atoms with E-state index in [0.29, 0.717) is 17.5 Å². The van der Waals surface area contributed by atoms with Crippen molar-refractivity contribution in [3.05, 3.63) is 437 Å². The van der Waals surface area contributed by atoms with Gasteiger partial charge in [-0.1, -0.05) is 364 Å². The van der Waals surface area contributed by atoms with Crippen LogP contribution >= 0.6 is 34.0 Å². The minimum atomic E-state index is 0.620. The number of hydrogen-bond donors (Lipinski definition) is 0. The van der Waals surface area contributed by atoms with E-state index < -0.39 is 0 Å². The second kappa shape index (κ2) is 32.5. The summed E-state index contributed by atoms with van der Waals surface area (Å²) in [6.45, 7) is 0. The number of para-hydroxylation sites is 5. The van der Waals surface area contributed by atoms with Crippen molar-refractivity contribution in [3.63, 3.8) is 0 Å². The van der Waals surface area contributed by atoms with E-state index in [9.17, 15) is 0 Å². The van der Waals surface area contributed by atoms with Gasteiger partial charge in [0.1, 0.15) is 17.1 Å². The van der Waals surface area contributed by atoms with E-state index in [1.807, 2.05) is 36.4 Å². The summed E-state index contributed by atoms with van der Waals surface area (Å²) in [5, 5.41) is 23.0. The Balaban J connectivity index is 0.000000105. The molecule has 0 aliphatic carbocycles. The Bertz CT molecular complexity index is 9560. The molecular weight excluding hydrogens is 1690 g/mol. The Morgan fingerprint density at radius 3 is 0.851 bits per heavy atom. The second-order valence-corrected chi connectivity index (χ2v) is 36.7. The van der Waals surface area contributed by atoms with Gasteiger partial charge in [0, 0.05) is 129 Å². The summed E-state index contributed by atoms with van der Waals surface area (Å²) in [6, 6.07) is 153. The molecule has 19 aromatic carbocycles. The first-order chi connectivity index (χ1) is 66.4. The summed E-state index contributed by atoms with van der Waals surface area (Å²) in [6.07, 6.45) is 0. The maximum absolute atomic E-state index is 5.42. The molecular formula is C121H72N10S3. The van der Waals surface area contributed by atoms with Gasteiger partial charge in [-0.15, -0.1) is 34.0 Å². The lowest BCUT2D eigenvalue weighted by Crippen LogP contribution is -2.09. The van der Waals surface area contributed by atoms with E-state index >= 15 is 0 Å². The number of rotatable bonds is 10. The zero-order valence-electron chi connectivity index (χ0n) is 71.8. The molecule has 28 aromatic rings.